The molecule has 0 spiro atoms. The molecule has 3 nitrogen and oxygen atoms in total. The Bertz CT molecular complexity index is 1460. The molecule has 5 heteroatoms. The van der Waals surface area contributed by atoms with Gasteiger partial charge in [-0.1, -0.05) is 91.2 Å². The van der Waals surface area contributed by atoms with Gasteiger partial charge < -0.3 is 5.11 Å². The van der Waals surface area contributed by atoms with Crippen LogP contribution in [0.15, 0.2) is 119 Å². The molecule has 5 aromatic rings. The van der Waals surface area contributed by atoms with E-state index in [9.17, 15) is 5.11 Å². The number of phenols is 1. The van der Waals surface area contributed by atoms with Crippen molar-refractivity contribution in [1.29, 1.82) is 0 Å². The number of pyridine rings is 2. The van der Waals surface area contributed by atoms with Crippen LogP contribution in [0.5, 0.6) is 5.75 Å². The molecule has 36 heavy (non-hydrogen) atoms. The van der Waals surface area contributed by atoms with E-state index in [-0.39, 0.29) is 32.2 Å². The molecule has 0 aliphatic heterocycles. The van der Waals surface area contributed by atoms with Crippen LogP contribution in [-0.4, -0.2) is 15.1 Å². The Morgan fingerprint density at radius 1 is 0.750 bits per heavy atom. The molecule has 0 fully saturated rings. The zero-order chi connectivity index (χ0) is 24.3. The van der Waals surface area contributed by atoms with Crippen molar-refractivity contribution >= 4 is 11.8 Å². The Balaban J connectivity index is 0.00000304. The topological polar surface area (TPSA) is 46.0 Å². The van der Waals surface area contributed by atoms with Gasteiger partial charge in [-0.15, -0.1) is 29.3 Å². The normalized spacial score (nSPS) is 11.1. The standard InChI is InChI=1S/C31H25N2OS.Pt/c1-31(2,23-11-4-3-5-12-23)24-19-22(20-25(21-24)35-30-17-8-9-18-32-30)27-14-10-15-28(33-27)26-13-6-7-16-29(26)34;/h3-19,21,34H,1-2H3;/q-1;. The molecule has 0 amide bonds. The molecule has 2 aromatic heterocycles. The third kappa shape index (κ3) is 5.61. The fourth-order valence-corrected chi connectivity index (χ4v) is 4.90. The van der Waals surface area contributed by atoms with E-state index in [0.29, 0.717) is 5.56 Å². The number of aromatic nitrogens is 2. The fourth-order valence-electron chi connectivity index (χ4n) is 4.06. The van der Waals surface area contributed by atoms with E-state index in [0.717, 1.165) is 26.9 Å². The van der Waals surface area contributed by atoms with Crippen LogP contribution in [0.1, 0.15) is 25.0 Å². The average molecular weight is 669 g/mol. The Hall–Kier alpha value is -3.20. The molecule has 0 atom stereocenters. The largest absolute Gasteiger partial charge is 0.507 e. The molecule has 0 aliphatic rings. The van der Waals surface area contributed by atoms with Gasteiger partial charge in [0.15, 0.2) is 0 Å². The van der Waals surface area contributed by atoms with Crippen molar-refractivity contribution in [3.8, 4) is 28.3 Å². The number of rotatable bonds is 6. The zero-order valence-electron chi connectivity index (χ0n) is 20.0. The summed E-state index contributed by atoms with van der Waals surface area (Å²) in [5.74, 6) is 0.214. The number of benzene rings is 3. The maximum absolute atomic E-state index is 10.4. The van der Waals surface area contributed by atoms with Crippen molar-refractivity contribution in [3.05, 3.63) is 127 Å². The van der Waals surface area contributed by atoms with E-state index in [1.807, 2.05) is 60.7 Å². The van der Waals surface area contributed by atoms with E-state index in [1.54, 1.807) is 24.0 Å². The van der Waals surface area contributed by atoms with Crippen LogP contribution in [0.25, 0.3) is 22.5 Å². The molecule has 5 rings (SSSR count). The summed E-state index contributed by atoms with van der Waals surface area (Å²) in [7, 11) is 0. The second kappa shape index (κ2) is 11.2. The molecule has 0 saturated carbocycles. The summed E-state index contributed by atoms with van der Waals surface area (Å²) < 4.78 is 0. The number of phenolic OH excluding ortho intramolecular Hbond substituents is 1. The summed E-state index contributed by atoms with van der Waals surface area (Å²) in [6, 6.07) is 37.5. The van der Waals surface area contributed by atoms with Gasteiger partial charge in [0.05, 0.1) is 10.7 Å². The number of aromatic hydroxyl groups is 1. The van der Waals surface area contributed by atoms with Gasteiger partial charge in [0.1, 0.15) is 5.75 Å². The minimum absolute atomic E-state index is 0. The number of para-hydroxylation sites is 1. The Kier molecular flexibility index (Phi) is 8.08. The van der Waals surface area contributed by atoms with Crippen LogP contribution < -0.4 is 0 Å². The van der Waals surface area contributed by atoms with Crippen LogP contribution in [-0.2, 0) is 26.5 Å². The van der Waals surface area contributed by atoms with E-state index in [2.05, 4.69) is 61.3 Å². The molecule has 182 valence electrons. The first-order valence-electron chi connectivity index (χ1n) is 11.5. The summed E-state index contributed by atoms with van der Waals surface area (Å²) in [4.78, 5) is 10.4. The van der Waals surface area contributed by atoms with Crippen molar-refractivity contribution in [2.24, 2.45) is 0 Å². The van der Waals surface area contributed by atoms with E-state index in [4.69, 9.17) is 4.98 Å². The smallest absolute Gasteiger partial charge is 0.124 e. The number of nitrogens with zero attached hydrogens (tertiary/aromatic N) is 2. The van der Waals surface area contributed by atoms with Crippen molar-refractivity contribution in [2.75, 3.05) is 0 Å². The first-order chi connectivity index (χ1) is 17.0. The maximum Gasteiger partial charge on any atom is 0.124 e. The van der Waals surface area contributed by atoms with Gasteiger partial charge in [-0.05, 0) is 47.0 Å². The van der Waals surface area contributed by atoms with Gasteiger partial charge in [0.2, 0.25) is 0 Å². The third-order valence-electron chi connectivity index (χ3n) is 6.12. The Morgan fingerprint density at radius 2 is 1.47 bits per heavy atom. The summed E-state index contributed by atoms with van der Waals surface area (Å²) >= 11 is 1.59. The predicted octanol–water partition coefficient (Wildman–Crippen LogP) is 7.79. The van der Waals surface area contributed by atoms with Gasteiger partial charge >= 0.3 is 0 Å². The summed E-state index contributed by atoms with van der Waals surface area (Å²) in [6.45, 7) is 4.48. The quantitative estimate of drug-likeness (QED) is 0.188. The van der Waals surface area contributed by atoms with Crippen molar-refractivity contribution in [1.82, 2.24) is 9.97 Å². The number of hydrogen-bond acceptors (Lipinski definition) is 4. The summed E-state index contributed by atoms with van der Waals surface area (Å²) in [5.41, 5.74) is 5.33. The van der Waals surface area contributed by atoms with Crippen LogP contribution >= 0.6 is 11.8 Å². The van der Waals surface area contributed by atoms with Gasteiger partial charge in [-0.2, -0.15) is 0 Å². The van der Waals surface area contributed by atoms with Crippen LogP contribution in [0.4, 0.5) is 0 Å². The number of hydrogen-bond donors (Lipinski definition) is 1. The monoisotopic (exact) mass is 668 g/mol. The van der Waals surface area contributed by atoms with E-state index in [1.165, 1.54) is 11.1 Å². The molecule has 0 radical (unpaired) electrons. The molecule has 1 N–H and O–H groups in total. The van der Waals surface area contributed by atoms with Gasteiger partial charge in [-0.25, -0.2) is 4.98 Å². The van der Waals surface area contributed by atoms with Gasteiger partial charge in [-0.3, -0.25) is 4.98 Å². The second-order valence-corrected chi connectivity index (χ2v) is 9.90. The molecule has 2 heterocycles. The first-order valence-corrected chi connectivity index (χ1v) is 12.3. The SMILES string of the molecule is CC(C)(c1ccccc1)c1cc(Sc2ccccn2)[c-]c(-c2cccc(-c3ccccc3O)n2)c1.[Pt]. The summed E-state index contributed by atoms with van der Waals surface area (Å²) in [6.07, 6.45) is 1.80. The molecule has 0 aliphatic carbocycles. The van der Waals surface area contributed by atoms with Crippen LogP contribution in [0.2, 0.25) is 0 Å². The molecule has 0 unspecified atom stereocenters. The third-order valence-corrected chi connectivity index (χ3v) is 7.01. The maximum atomic E-state index is 10.4. The molecule has 0 saturated heterocycles. The molecule has 3 aromatic carbocycles. The molecular formula is C31H25N2OPtS-. The Labute approximate surface area is 230 Å². The van der Waals surface area contributed by atoms with Crippen molar-refractivity contribution < 1.29 is 26.2 Å². The van der Waals surface area contributed by atoms with Crippen molar-refractivity contribution in [3.63, 3.8) is 0 Å². The summed E-state index contributed by atoms with van der Waals surface area (Å²) in [5, 5.41) is 11.3. The van der Waals surface area contributed by atoms with Gasteiger partial charge in [0, 0.05) is 32.8 Å². The first kappa shape index (κ1) is 25.9. The zero-order valence-corrected chi connectivity index (χ0v) is 23.0. The minimum Gasteiger partial charge on any atom is -0.507 e. The minimum atomic E-state index is -0.222. The molecule has 0 bridgehead atoms. The van der Waals surface area contributed by atoms with E-state index < -0.39 is 0 Å². The van der Waals surface area contributed by atoms with Crippen molar-refractivity contribution in [2.45, 2.75) is 29.2 Å². The predicted molar refractivity (Wildman–Crippen MR) is 143 cm³/mol. The second-order valence-electron chi connectivity index (χ2n) is 8.83. The fraction of sp³-hybridized carbons (Fsp3) is 0.0968. The van der Waals surface area contributed by atoms with Gasteiger partial charge in [0.25, 0.3) is 0 Å². The molecular weight excluding hydrogens is 643 g/mol. The Morgan fingerprint density at radius 3 is 2.22 bits per heavy atom. The van der Waals surface area contributed by atoms with Crippen LogP contribution in [0, 0.1) is 6.07 Å². The van der Waals surface area contributed by atoms with E-state index >= 15 is 0 Å². The van der Waals surface area contributed by atoms with Crippen LogP contribution in [0.3, 0.4) is 0 Å². The average Bonchev–Trinajstić information content (AvgIpc) is 2.90.